The molecule has 1 N–H and O–H groups in total. The van der Waals surface area contributed by atoms with Crippen molar-refractivity contribution in [2.45, 2.75) is 59.5 Å². The van der Waals surface area contributed by atoms with Crippen molar-refractivity contribution in [1.29, 1.82) is 0 Å². The lowest BCUT2D eigenvalue weighted by Gasteiger charge is -2.35. The SMILES string of the molecule is CC(=O)N(c1cc(-c2ccc(CN3CCOCC3)cc2)cc(C(=O)NCC2C(=O)N=C(C)CC2C)c1C)C1CCOCC1. The summed E-state index contributed by atoms with van der Waals surface area (Å²) in [5.41, 5.74) is 5.86. The normalized spacial score (nSPS) is 21.8. The Kier molecular flexibility index (Phi) is 10.1. The Morgan fingerprint density at radius 1 is 1.00 bits per heavy atom. The molecule has 3 heterocycles. The average Bonchev–Trinajstić information content (AvgIpc) is 2.99. The minimum absolute atomic E-state index is 0.00572. The van der Waals surface area contributed by atoms with Gasteiger partial charge >= 0.3 is 0 Å². The number of nitrogens with zero attached hydrogens (tertiary/aromatic N) is 3. The third-order valence-electron chi connectivity index (χ3n) is 8.98. The number of hydrogen-bond acceptors (Lipinski definition) is 6. The number of anilines is 1. The number of nitrogens with one attached hydrogen (secondary N) is 1. The summed E-state index contributed by atoms with van der Waals surface area (Å²) in [5, 5.41) is 3.03. The molecular weight excluding hydrogens is 544 g/mol. The number of ether oxygens (including phenoxy) is 2. The van der Waals surface area contributed by atoms with E-state index in [0.29, 0.717) is 18.8 Å². The zero-order chi connectivity index (χ0) is 30.5. The number of morpholine rings is 1. The standard InChI is InChI=1S/C34H44N4O5/c1-22-17-23(2)36-34(41)31(22)20-35-33(40)30-18-28(27-7-5-26(6-8-27)21-37-11-15-43-16-12-37)19-32(24(30)3)38(25(4)39)29-9-13-42-14-10-29/h5-8,18-19,22,29,31H,9-17,20-21H2,1-4H3,(H,35,40). The predicted molar refractivity (Wildman–Crippen MR) is 167 cm³/mol. The molecule has 0 aliphatic carbocycles. The van der Waals surface area contributed by atoms with Crippen molar-refractivity contribution in [3.63, 3.8) is 0 Å². The minimum atomic E-state index is -0.356. The maximum Gasteiger partial charge on any atom is 0.251 e. The molecule has 2 saturated heterocycles. The Hall–Kier alpha value is -3.40. The van der Waals surface area contributed by atoms with Gasteiger partial charge in [-0.25, -0.2) is 4.99 Å². The number of aliphatic imine (C=N–C) groups is 1. The van der Waals surface area contributed by atoms with E-state index in [9.17, 15) is 14.4 Å². The largest absolute Gasteiger partial charge is 0.381 e. The van der Waals surface area contributed by atoms with E-state index in [1.165, 1.54) is 5.56 Å². The highest BCUT2D eigenvalue weighted by Crippen LogP contribution is 2.34. The van der Waals surface area contributed by atoms with Crippen LogP contribution in [0.4, 0.5) is 5.69 Å². The first-order valence-corrected chi connectivity index (χ1v) is 15.5. The molecule has 3 aliphatic rings. The molecule has 2 fully saturated rings. The van der Waals surface area contributed by atoms with Crippen LogP contribution in [0, 0.1) is 18.8 Å². The smallest absolute Gasteiger partial charge is 0.251 e. The summed E-state index contributed by atoms with van der Waals surface area (Å²) >= 11 is 0. The van der Waals surface area contributed by atoms with Crippen molar-refractivity contribution >= 4 is 29.1 Å². The summed E-state index contributed by atoms with van der Waals surface area (Å²) in [6.45, 7) is 13.0. The zero-order valence-corrected chi connectivity index (χ0v) is 25.9. The second kappa shape index (κ2) is 13.9. The third kappa shape index (κ3) is 7.40. The Balaban J connectivity index is 1.46. The van der Waals surface area contributed by atoms with Crippen molar-refractivity contribution in [2.24, 2.45) is 16.8 Å². The van der Waals surface area contributed by atoms with E-state index in [2.05, 4.69) is 39.5 Å². The van der Waals surface area contributed by atoms with Crippen LogP contribution >= 0.6 is 0 Å². The number of hydrogen-bond donors (Lipinski definition) is 1. The summed E-state index contributed by atoms with van der Waals surface area (Å²) in [7, 11) is 0. The van der Waals surface area contributed by atoms with E-state index >= 15 is 0 Å². The molecule has 2 aromatic rings. The molecule has 0 saturated carbocycles. The van der Waals surface area contributed by atoms with Crippen LogP contribution in [0.2, 0.25) is 0 Å². The van der Waals surface area contributed by atoms with E-state index < -0.39 is 0 Å². The second-order valence-corrected chi connectivity index (χ2v) is 12.2. The van der Waals surface area contributed by atoms with Gasteiger partial charge in [-0.05, 0) is 73.4 Å². The molecule has 0 aromatic heterocycles. The molecule has 3 amide bonds. The van der Waals surface area contributed by atoms with Crippen LogP contribution in [-0.4, -0.2) is 80.4 Å². The minimum Gasteiger partial charge on any atom is -0.381 e. The van der Waals surface area contributed by atoms with E-state index in [1.54, 1.807) is 6.92 Å². The third-order valence-corrected chi connectivity index (χ3v) is 8.98. The quantitative estimate of drug-likeness (QED) is 0.491. The molecule has 9 nitrogen and oxygen atoms in total. The summed E-state index contributed by atoms with van der Waals surface area (Å²) in [5.74, 6) is -0.751. The van der Waals surface area contributed by atoms with Crippen LogP contribution in [-0.2, 0) is 25.6 Å². The lowest BCUT2D eigenvalue weighted by atomic mass is 9.86. The maximum atomic E-state index is 13.8. The molecular formula is C34H44N4O5. The van der Waals surface area contributed by atoms with Crippen LogP contribution in [0.25, 0.3) is 11.1 Å². The Labute approximate surface area is 254 Å². The second-order valence-electron chi connectivity index (χ2n) is 12.2. The molecule has 2 atom stereocenters. The fourth-order valence-corrected chi connectivity index (χ4v) is 6.49. The maximum absolute atomic E-state index is 13.8. The molecule has 9 heteroatoms. The van der Waals surface area contributed by atoms with E-state index in [0.717, 1.165) is 80.2 Å². The fourth-order valence-electron chi connectivity index (χ4n) is 6.49. The van der Waals surface area contributed by atoms with Crippen LogP contribution in [0.15, 0.2) is 41.4 Å². The molecule has 2 unspecified atom stereocenters. The summed E-state index contributed by atoms with van der Waals surface area (Å²) < 4.78 is 11.1. The monoisotopic (exact) mass is 588 g/mol. The molecule has 230 valence electrons. The molecule has 0 bridgehead atoms. The Morgan fingerprint density at radius 3 is 2.33 bits per heavy atom. The fraction of sp³-hybridized carbons (Fsp3) is 0.529. The van der Waals surface area contributed by atoms with Gasteiger partial charge in [0, 0.05) is 69.3 Å². The van der Waals surface area contributed by atoms with Gasteiger partial charge in [0.1, 0.15) is 0 Å². The number of rotatable bonds is 8. The lowest BCUT2D eigenvalue weighted by molar-refractivity contribution is -0.123. The van der Waals surface area contributed by atoms with Crippen molar-refractivity contribution in [2.75, 3.05) is 51.0 Å². The van der Waals surface area contributed by atoms with Gasteiger partial charge in [0.2, 0.25) is 5.91 Å². The zero-order valence-electron chi connectivity index (χ0n) is 25.9. The Bertz CT molecular complexity index is 1360. The van der Waals surface area contributed by atoms with E-state index in [-0.39, 0.29) is 42.1 Å². The summed E-state index contributed by atoms with van der Waals surface area (Å²) in [6.07, 6.45) is 2.22. The molecule has 0 radical (unpaired) electrons. The first-order chi connectivity index (χ1) is 20.7. The Morgan fingerprint density at radius 2 is 1.67 bits per heavy atom. The summed E-state index contributed by atoms with van der Waals surface area (Å²) in [4.78, 5) is 47.9. The average molecular weight is 589 g/mol. The predicted octanol–water partition coefficient (Wildman–Crippen LogP) is 4.40. The van der Waals surface area contributed by atoms with Crippen LogP contribution in [0.3, 0.4) is 0 Å². The van der Waals surface area contributed by atoms with E-state index in [1.807, 2.05) is 37.8 Å². The van der Waals surface area contributed by atoms with Gasteiger partial charge in [0.05, 0.1) is 19.1 Å². The van der Waals surface area contributed by atoms with Crippen LogP contribution in [0.5, 0.6) is 0 Å². The van der Waals surface area contributed by atoms with Gasteiger partial charge in [-0.3, -0.25) is 19.3 Å². The number of amides is 3. The van der Waals surface area contributed by atoms with Crippen molar-refractivity contribution in [3.8, 4) is 11.1 Å². The van der Waals surface area contributed by atoms with Gasteiger partial charge in [-0.1, -0.05) is 31.2 Å². The van der Waals surface area contributed by atoms with Gasteiger partial charge in [-0.2, -0.15) is 0 Å². The number of carbonyl (C=O) groups is 3. The van der Waals surface area contributed by atoms with Crippen LogP contribution in [0.1, 0.15) is 61.5 Å². The first-order valence-electron chi connectivity index (χ1n) is 15.5. The number of benzene rings is 2. The van der Waals surface area contributed by atoms with Crippen LogP contribution < -0.4 is 10.2 Å². The molecule has 2 aromatic carbocycles. The molecule has 0 spiro atoms. The van der Waals surface area contributed by atoms with Crippen molar-refractivity contribution in [1.82, 2.24) is 10.2 Å². The topological polar surface area (TPSA) is 101 Å². The highest BCUT2D eigenvalue weighted by Gasteiger charge is 2.31. The highest BCUT2D eigenvalue weighted by atomic mass is 16.5. The van der Waals surface area contributed by atoms with Gasteiger partial charge in [-0.15, -0.1) is 0 Å². The number of carbonyl (C=O) groups excluding carboxylic acids is 3. The first kappa shape index (κ1) is 31.0. The van der Waals surface area contributed by atoms with E-state index in [4.69, 9.17) is 9.47 Å². The lowest BCUT2D eigenvalue weighted by Crippen LogP contribution is -2.43. The highest BCUT2D eigenvalue weighted by molar-refractivity contribution is 6.02. The van der Waals surface area contributed by atoms with Crippen molar-refractivity contribution in [3.05, 3.63) is 53.1 Å². The van der Waals surface area contributed by atoms with Gasteiger partial charge < -0.3 is 19.7 Å². The van der Waals surface area contributed by atoms with Gasteiger partial charge in [0.25, 0.3) is 11.8 Å². The summed E-state index contributed by atoms with van der Waals surface area (Å²) in [6, 6.07) is 12.4. The molecule has 3 aliphatic heterocycles. The molecule has 5 rings (SSSR count). The van der Waals surface area contributed by atoms with Gasteiger partial charge in [0.15, 0.2) is 0 Å². The van der Waals surface area contributed by atoms with Crippen molar-refractivity contribution < 1.29 is 23.9 Å². The molecule has 43 heavy (non-hydrogen) atoms.